The molecule has 11 nitrogen and oxygen atoms in total. The van der Waals surface area contributed by atoms with Crippen molar-refractivity contribution < 1.29 is 23.5 Å². The Labute approximate surface area is 233 Å². The summed E-state index contributed by atoms with van der Waals surface area (Å²) >= 11 is 0. The van der Waals surface area contributed by atoms with Gasteiger partial charge in [-0.25, -0.2) is 4.98 Å². The van der Waals surface area contributed by atoms with Crippen molar-refractivity contribution in [3.05, 3.63) is 16.7 Å². The second-order valence-corrected chi connectivity index (χ2v) is 23.4. The lowest BCUT2D eigenvalue weighted by Crippen LogP contribution is -2.49. The van der Waals surface area contributed by atoms with Gasteiger partial charge in [0.05, 0.1) is 12.9 Å². The van der Waals surface area contributed by atoms with Crippen molar-refractivity contribution in [3.63, 3.8) is 0 Å². The predicted octanol–water partition coefficient (Wildman–Crippen LogP) is 4.38. The molecule has 0 bridgehead atoms. The average molecular weight is 582 g/mol. The van der Waals surface area contributed by atoms with Gasteiger partial charge in [-0.3, -0.25) is 24.5 Å². The van der Waals surface area contributed by atoms with Crippen LogP contribution >= 0.6 is 0 Å². The Morgan fingerprint density at radius 3 is 2.28 bits per heavy atom. The van der Waals surface area contributed by atoms with Crippen LogP contribution in [0.1, 0.15) is 61.6 Å². The lowest BCUT2D eigenvalue weighted by atomic mass is 10.1. The number of nitrogens with zero attached hydrogens (tertiary/aromatic N) is 3. The van der Waals surface area contributed by atoms with Gasteiger partial charge in [0.15, 0.2) is 34.0 Å². The lowest BCUT2D eigenvalue weighted by Gasteiger charge is -2.40. The molecular formula is C26H47N5O6Si2. The smallest absolute Gasteiger partial charge is 0.280 e. The van der Waals surface area contributed by atoms with Gasteiger partial charge < -0.3 is 18.7 Å². The van der Waals surface area contributed by atoms with Gasteiger partial charge in [-0.2, -0.15) is 4.98 Å². The van der Waals surface area contributed by atoms with Crippen LogP contribution in [0.15, 0.2) is 11.1 Å². The third-order valence-corrected chi connectivity index (χ3v) is 17.4. The normalized spacial score (nSPS) is 23.1. The number of hydrogen-bond donors (Lipinski definition) is 3. The van der Waals surface area contributed by atoms with E-state index in [0.29, 0.717) is 0 Å². The lowest BCUT2D eigenvalue weighted by molar-refractivity contribution is -0.118. The first-order valence-corrected chi connectivity index (χ1v) is 19.4. The van der Waals surface area contributed by atoms with Gasteiger partial charge in [-0.1, -0.05) is 55.4 Å². The number of aromatic nitrogens is 4. The quantitative estimate of drug-likeness (QED) is 0.390. The first-order valence-electron chi connectivity index (χ1n) is 13.6. The molecule has 3 N–H and O–H groups in total. The van der Waals surface area contributed by atoms with Gasteiger partial charge in [0.25, 0.3) is 5.56 Å². The number of carbonyl (C=O) groups excluding carboxylic acids is 1. The zero-order chi connectivity index (χ0) is 29.7. The van der Waals surface area contributed by atoms with E-state index in [-0.39, 0.29) is 45.6 Å². The predicted molar refractivity (Wildman–Crippen MR) is 157 cm³/mol. The fourth-order valence-corrected chi connectivity index (χ4v) is 5.97. The number of aliphatic hydroxyl groups excluding tert-OH is 1. The molecule has 0 radical (unpaired) electrons. The number of carbonyl (C=O) groups is 1. The van der Waals surface area contributed by atoms with E-state index < -0.39 is 46.7 Å². The van der Waals surface area contributed by atoms with Crippen LogP contribution in [-0.2, 0) is 18.4 Å². The summed E-state index contributed by atoms with van der Waals surface area (Å²) < 4.78 is 21.2. The molecule has 1 saturated heterocycles. The summed E-state index contributed by atoms with van der Waals surface area (Å²) in [6.45, 7) is 25.1. The fraction of sp³-hybridized carbons (Fsp3) is 0.769. The van der Waals surface area contributed by atoms with E-state index in [9.17, 15) is 14.7 Å². The summed E-state index contributed by atoms with van der Waals surface area (Å²) in [5.74, 6) is -0.558. The molecule has 1 aliphatic heterocycles. The van der Waals surface area contributed by atoms with Crippen molar-refractivity contribution in [2.75, 3.05) is 11.9 Å². The van der Waals surface area contributed by atoms with Crippen LogP contribution in [0.4, 0.5) is 5.95 Å². The van der Waals surface area contributed by atoms with Gasteiger partial charge in [-0.05, 0) is 36.3 Å². The van der Waals surface area contributed by atoms with Crippen LogP contribution in [0.5, 0.6) is 0 Å². The molecule has 2 aromatic heterocycles. The molecule has 1 aliphatic rings. The molecule has 1 amide bonds. The van der Waals surface area contributed by atoms with Gasteiger partial charge in [-0.15, -0.1) is 0 Å². The summed E-state index contributed by atoms with van der Waals surface area (Å²) in [4.78, 5) is 36.4. The number of nitrogens with one attached hydrogen (secondary N) is 2. The van der Waals surface area contributed by atoms with Gasteiger partial charge in [0.2, 0.25) is 11.9 Å². The minimum Gasteiger partial charge on any atom is -0.414 e. The standard InChI is InChI=1S/C26H47N5O6Si2/c1-15(2)21(33)29-24-28-20-17(22(34)30-24)27-14-31(20)23-19(37-39(11,12)26(6,7)8)18(32)16(36-23)13-35-38(9,10)25(3,4)5/h14-16,18-19,23,32H,13H2,1-12H3,(H2,28,29,30,33,34)/t16-,18+,19+,23-/m1/s1. The minimum atomic E-state index is -2.36. The molecule has 0 aromatic carbocycles. The maximum atomic E-state index is 12.8. The number of rotatable bonds is 8. The number of aromatic amines is 1. The molecule has 13 heteroatoms. The number of anilines is 1. The highest BCUT2D eigenvalue weighted by Gasteiger charge is 2.51. The molecule has 0 unspecified atom stereocenters. The molecule has 0 spiro atoms. The first kappa shape index (κ1) is 31.6. The molecule has 4 atom stereocenters. The largest absolute Gasteiger partial charge is 0.414 e. The molecule has 3 heterocycles. The van der Waals surface area contributed by atoms with Crippen LogP contribution in [0.3, 0.4) is 0 Å². The van der Waals surface area contributed by atoms with E-state index in [0.717, 1.165) is 0 Å². The maximum Gasteiger partial charge on any atom is 0.280 e. The summed E-state index contributed by atoms with van der Waals surface area (Å²) in [6.07, 6.45) is -1.72. The first-order chi connectivity index (χ1) is 17.7. The van der Waals surface area contributed by atoms with Crippen molar-refractivity contribution in [1.82, 2.24) is 19.5 Å². The van der Waals surface area contributed by atoms with E-state index >= 15 is 0 Å². The van der Waals surface area contributed by atoms with Crippen LogP contribution < -0.4 is 10.9 Å². The summed E-state index contributed by atoms with van der Waals surface area (Å²) in [7, 11) is -4.47. The van der Waals surface area contributed by atoms with Crippen LogP contribution in [0.2, 0.25) is 36.3 Å². The molecule has 1 fully saturated rings. The van der Waals surface area contributed by atoms with Crippen molar-refractivity contribution >= 4 is 39.7 Å². The van der Waals surface area contributed by atoms with Crippen molar-refractivity contribution in [2.45, 2.75) is 116 Å². The molecule has 0 saturated carbocycles. The number of hydrogen-bond acceptors (Lipinski definition) is 8. The number of aliphatic hydroxyl groups is 1. The van der Waals surface area contributed by atoms with Crippen molar-refractivity contribution in [1.29, 1.82) is 0 Å². The average Bonchev–Trinajstić information content (AvgIpc) is 3.32. The van der Waals surface area contributed by atoms with Crippen LogP contribution in [-0.4, -0.2) is 72.1 Å². The number of imidazole rings is 1. The maximum absolute atomic E-state index is 12.8. The third kappa shape index (κ3) is 6.54. The van der Waals surface area contributed by atoms with Crippen LogP contribution in [0.25, 0.3) is 11.2 Å². The minimum absolute atomic E-state index is 0.00465. The third-order valence-electron chi connectivity index (χ3n) is 8.44. The van der Waals surface area contributed by atoms with Gasteiger partial charge in [0.1, 0.15) is 18.3 Å². The van der Waals surface area contributed by atoms with E-state index in [2.05, 4.69) is 88.0 Å². The van der Waals surface area contributed by atoms with E-state index in [1.54, 1.807) is 18.4 Å². The highest BCUT2D eigenvalue weighted by Crippen LogP contribution is 2.43. The SMILES string of the molecule is CC(C)C(=O)Nc1nc2c(ncn2[C@@H]2O[C@H](CO[Si](C)(C)C(C)(C)C)[C@H](O)[C@@H]2O[Si](C)(C)C(C)(C)C)c(=O)[nH]1. The second-order valence-electron chi connectivity index (χ2n) is 13.9. The Morgan fingerprint density at radius 1 is 1.15 bits per heavy atom. The molecular weight excluding hydrogens is 534 g/mol. The Bertz CT molecular complexity index is 1240. The Hall–Kier alpha value is -1.91. The highest BCUT2D eigenvalue weighted by atomic mass is 28.4. The zero-order valence-corrected chi connectivity index (χ0v) is 27.5. The summed E-state index contributed by atoms with van der Waals surface area (Å²) in [5, 5.41) is 14.1. The van der Waals surface area contributed by atoms with E-state index in [4.69, 9.17) is 13.6 Å². The monoisotopic (exact) mass is 581 g/mol. The van der Waals surface area contributed by atoms with Crippen molar-refractivity contribution in [3.8, 4) is 0 Å². The Balaban J connectivity index is 2.03. The molecule has 3 rings (SSSR count). The Morgan fingerprint density at radius 2 is 1.74 bits per heavy atom. The highest BCUT2D eigenvalue weighted by molar-refractivity contribution is 6.74. The van der Waals surface area contributed by atoms with Crippen LogP contribution in [0, 0.1) is 5.92 Å². The fourth-order valence-electron chi connectivity index (χ4n) is 3.66. The molecule has 0 aliphatic carbocycles. The number of fused-ring (bicyclic) bond motifs is 1. The van der Waals surface area contributed by atoms with E-state index in [1.165, 1.54) is 6.33 Å². The second kappa shape index (κ2) is 10.8. The van der Waals surface area contributed by atoms with Gasteiger partial charge in [0, 0.05) is 5.92 Å². The molecule has 2 aromatic rings. The molecule has 39 heavy (non-hydrogen) atoms. The zero-order valence-electron chi connectivity index (χ0n) is 25.5. The topological polar surface area (TPSA) is 141 Å². The molecule has 220 valence electrons. The number of H-pyrrole nitrogens is 1. The Kier molecular flexibility index (Phi) is 8.77. The number of amides is 1. The summed E-state index contributed by atoms with van der Waals surface area (Å²) in [5.41, 5.74) is -0.163. The van der Waals surface area contributed by atoms with Gasteiger partial charge >= 0.3 is 0 Å². The summed E-state index contributed by atoms with van der Waals surface area (Å²) in [6, 6.07) is 0. The number of ether oxygens (including phenoxy) is 1. The van der Waals surface area contributed by atoms with Crippen molar-refractivity contribution in [2.24, 2.45) is 5.92 Å². The van der Waals surface area contributed by atoms with E-state index in [1.807, 2.05) is 0 Å².